The van der Waals surface area contributed by atoms with Gasteiger partial charge in [0.05, 0.1) is 13.7 Å². The standard InChI is InChI=1S/C13H22N4O4/c1-5-9-16-10(13(19)21-4)11(14)17(9)8(2)12(18)15-6-7-20-3/h8H,5-7,14H2,1-4H3,(H,15,18). The van der Waals surface area contributed by atoms with E-state index < -0.39 is 12.0 Å². The molecule has 1 atom stereocenters. The number of aromatic nitrogens is 2. The minimum Gasteiger partial charge on any atom is -0.464 e. The Labute approximate surface area is 123 Å². The van der Waals surface area contributed by atoms with E-state index in [1.54, 1.807) is 18.6 Å². The second-order valence-electron chi connectivity index (χ2n) is 4.44. The Bertz CT molecular complexity index is 513. The Kier molecular flexibility index (Phi) is 6.16. The number of nitrogens with two attached hydrogens (primary N) is 1. The molecule has 0 radical (unpaired) electrons. The van der Waals surface area contributed by atoms with Crippen molar-refractivity contribution in [2.45, 2.75) is 26.3 Å². The first-order chi connectivity index (χ1) is 9.97. The van der Waals surface area contributed by atoms with Crippen LogP contribution in [0.4, 0.5) is 5.82 Å². The summed E-state index contributed by atoms with van der Waals surface area (Å²) in [6.07, 6.45) is 0.539. The SMILES string of the molecule is CCc1nc(C(=O)OC)c(N)n1C(C)C(=O)NCCOC. The van der Waals surface area contributed by atoms with Gasteiger partial charge in [0.15, 0.2) is 5.69 Å². The number of nitrogens with zero attached hydrogens (tertiary/aromatic N) is 2. The molecule has 8 heteroatoms. The zero-order valence-corrected chi connectivity index (χ0v) is 12.8. The average molecular weight is 298 g/mol. The summed E-state index contributed by atoms with van der Waals surface area (Å²) in [6, 6.07) is -0.581. The monoisotopic (exact) mass is 298 g/mol. The smallest absolute Gasteiger partial charge is 0.360 e. The van der Waals surface area contributed by atoms with E-state index >= 15 is 0 Å². The van der Waals surface area contributed by atoms with Gasteiger partial charge in [0, 0.05) is 20.1 Å². The van der Waals surface area contributed by atoms with E-state index in [2.05, 4.69) is 15.0 Å². The van der Waals surface area contributed by atoms with Crippen LogP contribution < -0.4 is 11.1 Å². The third-order valence-corrected chi connectivity index (χ3v) is 3.09. The zero-order chi connectivity index (χ0) is 16.0. The van der Waals surface area contributed by atoms with Gasteiger partial charge in [0.25, 0.3) is 0 Å². The minimum atomic E-state index is -0.618. The van der Waals surface area contributed by atoms with Crippen molar-refractivity contribution in [2.75, 3.05) is 33.1 Å². The van der Waals surface area contributed by atoms with Crippen LogP contribution in [0.25, 0.3) is 0 Å². The summed E-state index contributed by atoms with van der Waals surface area (Å²) in [4.78, 5) is 27.9. The fraction of sp³-hybridized carbons (Fsp3) is 0.615. The van der Waals surface area contributed by atoms with Gasteiger partial charge in [-0.05, 0) is 6.92 Å². The number of nitrogens with one attached hydrogen (secondary N) is 1. The number of nitrogen functional groups attached to an aromatic ring is 1. The maximum atomic E-state index is 12.1. The number of carbonyl (C=O) groups excluding carboxylic acids is 2. The zero-order valence-electron chi connectivity index (χ0n) is 12.8. The number of anilines is 1. The van der Waals surface area contributed by atoms with E-state index in [0.29, 0.717) is 25.4 Å². The highest BCUT2D eigenvalue weighted by atomic mass is 16.5. The second kappa shape index (κ2) is 7.63. The summed E-state index contributed by atoms with van der Waals surface area (Å²) in [6.45, 7) is 4.39. The van der Waals surface area contributed by atoms with Gasteiger partial charge in [-0.25, -0.2) is 9.78 Å². The number of hydrogen-bond donors (Lipinski definition) is 2. The molecule has 0 aliphatic carbocycles. The number of aryl methyl sites for hydroxylation is 1. The van der Waals surface area contributed by atoms with E-state index in [0.717, 1.165) is 0 Å². The Morgan fingerprint density at radius 1 is 1.43 bits per heavy atom. The first kappa shape index (κ1) is 17.0. The molecular formula is C13H22N4O4. The molecule has 0 saturated heterocycles. The summed E-state index contributed by atoms with van der Waals surface area (Å²) >= 11 is 0. The largest absolute Gasteiger partial charge is 0.464 e. The molecule has 1 unspecified atom stereocenters. The third-order valence-electron chi connectivity index (χ3n) is 3.09. The Balaban J connectivity index is 3.02. The van der Waals surface area contributed by atoms with Crippen molar-refractivity contribution in [1.29, 1.82) is 0 Å². The van der Waals surface area contributed by atoms with Crippen molar-refractivity contribution < 1.29 is 19.1 Å². The molecule has 0 saturated carbocycles. The number of methoxy groups -OCH3 is 2. The first-order valence-corrected chi connectivity index (χ1v) is 6.69. The molecule has 1 aromatic heterocycles. The van der Waals surface area contributed by atoms with Crippen LogP contribution in [0.1, 0.15) is 36.2 Å². The molecule has 0 fully saturated rings. The molecule has 0 spiro atoms. The predicted octanol–water partition coefficient (Wildman–Crippen LogP) is 0.138. The summed E-state index contributed by atoms with van der Waals surface area (Å²) in [7, 11) is 2.81. The molecule has 3 N–H and O–H groups in total. The van der Waals surface area contributed by atoms with Gasteiger partial charge in [0.1, 0.15) is 17.7 Å². The van der Waals surface area contributed by atoms with Gasteiger partial charge in [0.2, 0.25) is 5.91 Å². The highest BCUT2D eigenvalue weighted by Crippen LogP contribution is 2.21. The van der Waals surface area contributed by atoms with Crippen LogP contribution in [0, 0.1) is 0 Å². The molecule has 8 nitrogen and oxygen atoms in total. The van der Waals surface area contributed by atoms with E-state index in [1.807, 2.05) is 6.92 Å². The van der Waals surface area contributed by atoms with Crippen molar-refractivity contribution >= 4 is 17.7 Å². The van der Waals surface area contributed by atoms with E-state index in [1.165, 1.54) is 7.11 Å². The fourth-order valence-electron chi connectivity index (χ4n) is 1.96. The molecule has 1 aromatic rings. The maximum absolute atomic E-state index is 12.1. The van der Waals surface area contributed by atoms with Crippen molar-refractivity contribution in [2.24, 2.45) is 0 Å². The molecule has 0 bridgehead atoms. The lowest BCUT2D eigenvalue weighted by atomic mass is 10.3. The molecular weight excluding hydrogens is 276 g/mol. The van der Waals surface area contributed by atoms with Crippen LogP contribution in [-0.4, -0.2) is 48.8 Å². The number of ether oxygens (including phenoxy) is 2. The van der Waals surface area contributed by atoms with Crippen LogP contribution >= 0.6 is 0 Å². The quantitative estimate of drug-likeness (QED) is 0.547. The fourth-order valence-corrected chi connectivity index (χ4v) is 1.96. The van der Waals surface area contributed by atoms with Gasteiger partial charge < -0.3 is 25.1 Å². The number of rotatable bonds is 7. The third kappa shape index (κ3) is 3.72. The highest BCUT2D eigenvalue weighted by Gasteiger charge is 2.26. The molecule has 0 aromatic carbocycles. The Hall–Kier alpha value is -2.09. The number of imidazole rings is 1. The number of esters is 1. The first-order valence-electron chi connectivity index (χ1n) is 6.69. The number of amides is 1. The summed E-state index contributed by atoms with van der Waals surface area (Å²) in [5.74, 6) is -0.148. The van der Waals surface area contributed by atoms with E-state index in [9.17, 15) is 9.59 Å². The van der Waals surface area contributed by atoms with E-state index in [4.69, 9.17) is 10.5 Å². The molecule has 21 heavy (non-hydrogen) atoms. The van der Waals surface area contributed by atoms with Gasteiger partial charge >= 0.3 is 5.97 Å². The summed E-state index contributed by atoms with van der Waals surface area (Å²) < 4.78 is 11.1. The molecule has 1 amide bonds. The second-order valence-corrected chi connectivity index (χ2v) is 4.44. The van der Waals surface area contributed by atoms with E-state index in [-0.39, 0.29) is 17.4 Å². The summed E-state index contributed by atoms with van der Waals surface area (Å²) in [5.41, 5.74) is 5.98. The van der Waals surface area contributed by atoms with Crippen LogP contribution in [0.5, 0.6) is 0 Å². The normalized spacial score (nSPS) is 12.0. The van der Waals surface area contributed by atoms with Gasteiger partial charge in [-0.3, -0.25) is 4.79 Å². The maximum Gasteiger partial charge on any atom is 0.360 e. The molecule has 0 aliphatic rings. The summed E-state index contributed by atoms with van der Waals surface area (Å²) in [5, 5.41) is 2.73. The van der Waals surface area contributed by atoms with Gasteiger partial charge in [-0.15, -0.1) is 0 Å². The molecule has 1 rings (SSSR count). The van der Waals surface area contributed by atoms with Crippen LogP contribution in [0.3, 0.4) is 0 Å². The highest BCUT2D eigenvalue weighted by molar-refractivity contribution is 5.93. The Morgan fingerprint density at radius 2 is 2.10 bits per heavy atom. The predicted molar refractivity (Wildman–Crippen MR) is 77.0 cm³/mol. The van der Waals surface area contributed by atoms with Crippen molar-refractivity contribution in [1.82, 2.24) is 14.9 Å². The van der Waals surface area contributed by atoms with Gasteiger partial charge in [-0.2, -0.15) is 0 Å². The molecule has 0 aliphatic heterocycles. The topological polar surface area (TPSA) is 108 Å². The lowest BCUT2D eigenvalue weighted by Crippen LogP contribution is -2.34. The average Bonchev–Trinajstić information content (AvgIpc) is 2.82. The minimum absolute atomic E-state index is 0.0332. The number of hydrogen-bond acceptors (Lipinski definition) is 6. The van der Waals surface area contributed by atoms with Crippen molar-refractivity contribution in [3.63, 3.8) is 0 Å². The van der Waals surface area contributed by atoms with Gasteiger partial charge in [-0.1, -0.05) is 6.92 Å². The van der Waals surface area contributed by atoms with Crippen molar-refractivity contribution in [3.05, 3.63) is 11.5 Å². The van der Waals surface area contributed by atoms with Crippen LogP contribution in [0.15, 0.2) is 0 Å². The lowest BCUT2D eigenvalue weighted by Gasteiger charge is -2.17. The Morgan fingerprint density at radius 3 is 2.62 bits per heavy atom. The lowest BCUT2D eigenvalue weighted by molar-refractivity contribution is -0.124. The van der Waals surface area contributed by atoms with Crippen LogP contribution in [-0.2, 0) is 20.7 Å². The molecule has 118 valence electrons. The number of carbonyl (C=O) groups is 2. The molecule has 1 heterocycles. The van der Waals surface area contributed by atoms with Crippen LogP contribution in [0.2, 0.25) is 0 Å². The van der Waals surface area contributed by atoms with Crippen molar-refractivity contribution in [3.8, 4) is 0 Å².